The molecule has 1 aliphatic heterocycles. The molecule has 1 saturated heterocycles. The summed E-state index contributed by atoms with van der Waals surface area (Å²) in [6.45, 7) is 6.86. The van der Waals surface area contributed by atoms with Crippen molar-refractivity contribution in [3.8, 4) is 0 Å². The minimum Gasteiger partial charge on any atom is -0.335 e. The fourth-order valence-electron chi connectivity index (χ4n) is 3.71. The molecule has 0 radical (unpaired) electrons. The predicted molar refractivity (Wildman–Crippen MR) is 110 cm³/mol. The lowest BCUT2D eigenvalue weighted by molar-refractivity contribution is -0.117. The highest BCUT2D eigenvalue weighted by atomic mass is 16.2. The van der Waals surface area contributed by atoms with Crippen molar-refractivity contribution in [2.45, 2.75) is 39.7 Å². The van der Waals surface area contributed by atoms with E-state index in [4.69, 9.17) is 0 Å². The quantitative estimate of drug-likeness (QED) is 0.771. The van der Waals surface area contributed by atoms with Gasteiger partial charge in [0.2, 0.25) is 11.8 Å². The van der Waals surface area contributed by atoms with Gasteiger partial charge in [-0.05, 0) is 50.0 Å². The van der Waals surface area contributed by atoms with Crippen molar-refractivity contribution < 1.29 is 9.59 Å². The van der Waals surface area contributed by atoms with Gasteiger partial charge in [0, 0.05) is 43.7 Å². The largest absolute Gasteiger partial charge is 0.335 e. The Kier molecular flexibility index (Phi) is 6.81. The number of rotatable bonds is 7. The first-order valence-corrected chi connectivity index (χ1v) is 9.93. The van der Waals surface area contributed by atoms with Crippen LogP contribution in [0.3, 0.4) is 0 Å². The van der Waals surface area contributed by atoms with Gasteiger partial charge in [0.1, 0.15) is 5.82 Å². The molecule has 0 aliphatic carbocycles. The van der Waals surface area contributed by atoms with Gasteiger partial charge in [-0.3, -0.25) is 14.5 Å². The highest BCUT2D eigenvalue weighted by Crippen LogP contribution is 2.20. The van der Waals surface area contributed by atoms with Crippen LogP contribution in [-0.4, -0.2) is 45.9 Å². The van der Waals surface area contributed by atoms with Gasteiger partial charge in [-0.2, -0.15) is 0 Å². The summed E-state index contributed by atoms with van der Waals surface area (Å²) in [4.78, 5) is 30.1. The maximum Gasteiger partial charge on any atom is 0.238 e. The second-order valence-electron chi connectivity index (χ2n) is 7.38. The molecule has 7 heteroatoms. The number of piperidine rings is 1. The van der Waals surface area contributed by atoms with Crippen LogP contribution in [0, 0.1) is 5.92 Å². The van der Waals surface area contributed by atoms with Crippen LogP contribution in [0.1, 0.15) is 32.5 Å². The summed E-state index contributed by atoms with van der Waals surface area (Å²) >= 11 is 0. The number of hydrogen-bond donors (Lipinski definition) is 2. The van der Waals surface area contributed by atoms with Crippen molar-refractivity contribution in [2.24, 2.45) is 5.92 Å². The molecule has 1 aromatic carbocycles. The van der Waals surface area contributed by atoms with Gasteiger partial charge in [0.05, 0.1) is 6.54 Å². The summed E-state index contributed by atoms with van der Waals surface area (Å²) in [5.41, 5.74) is 1.37. The van der Waals surface area contributed by atoms with Crippen molar-refractivity contribution in [3.05, 3.63) is 42.5 Å². The van der Waals surface area contributed by atoms with E-state index in [9.17, 15) is 9.59 Å². The summed E-state index contributed by atoms with van der Waals surface area (Å²) in [5.74, 6) is 1.62. The fraction of sp³-hybridized carbons (Fsp3) is 0.476. The van der Waals surface area contributed by atoms with Gasteiger partial charge in [0.25, 0.3) is 0 Å². The standard InChI is InChI=1S/C21H29N5O2/c1-3-20-22-9-12-26(20)14-17-7-10-25(11-8-17)15-21(28)24-19-6-4-5-18(13-19)23-16(2)27/h4-6,9,12-13,17H,3,7-8,10-11,14-15H2,1-2H3,(H,23,27)(H,24,28). The van der Waals surface area contributed by atoms with Crippen LogP contribution in [0.25, 0.3) is 0 Å². The molecular formula is C21H29N5O2. The zero-order chi connectivity index (χ0) is 19.9. The molecule has 2 N–H and O–H groups in total. The smallest absolute Gasteiger partial charge is 0.238 e. The number of amides is 2. The van der Waals surface area contributed by atoms with Crippen molar-refractivity contribution in [1.29, 1.82) is 0 Å². The Labute approximate surface area is 166 Å². The van der Waals surface area contributed by atoms with Gasteiger partial charge in [-0.25, -0.2) is 4.98 Å². The van der Waals surface area contributed by atoms with Crippen molar-refractivity contribution >= 4 is 23.2 Å². The third-order valence-electron chi connectivity index (χ3n) is 5.11. The van der Waals surface area contributed by atoms with Gasteiger partial charge >= 0.3 is 0 Å². The van der Waals surface area contributed by atoms with Crippen molar-refractivity contribution in [2.75, 3.05) is 30.3 Å². The van der Waals surface area contributed by atoms with Gasteiger partial charge in [-0.1, -0.05) is 13.0 Å². The number of nitrogens with one attached hydrogen (secondary N) is 2. The summed E-state index contributed by atoms with van der Waals surface area (Å²) in [7, 11) is 0. The number of likely N-dealkylation sites (tertiary alicyclic amines) is 1. The molecule has 3 rings (SSSR count). The van der Waals surface area contributed by atoms with Crippen molar-refractivity contribution in [1.82, 2.24) is 14.5 Å². The molecule has 0 saturated carbocycles. The van der Waals surface area contributed by atoms with Crippen LogP contribution in [0.4, 0.5) is 11.4 Å². The van der Waals surface area contributed by atoms with E-state index in [1.54, 1.807) is 12.1 Å². The molecule has 28 heavy (non-hydrogen) atoms. The number of carbonyl (C=O) groups excluding carboxylic acids is 2. The molecule has 1 aromatic heterocycles. The molecule has 2 aromatic rings. The molecular weight excluding hydrogens is 354 g/mol. The Morgan fingerprint density at radius 2 is 1.89 bits per heavy atom. The van der Waals surface area contributed by atoms with E-state index in [1.165, 1.54) is 6.92 Å². The second kappa shape index (κ2) is 9.50. The number of aryl methyl sites for hydroxylation is 1. The molecule has 1 aliphatic rings. The molecule has 150 valence electrons. The Hall–Kier alpha value is -2.67. The zero-order valence-corrected chi connectivity index (χ0v) is 16.6. The molecule has 1 fully saturated rings. The fourth-order valence-corrected chi connectivity index (χ4v) is 3.71. The molecule has 7 nitrogen and oxygen atoms in total. The molecule has 0 unspecified atom stereocenters. The monoisotopic (exact) mass is 383 g/mol. The Bertz CT molecular complexity index is 809. The van der Waals surface area contributed by atoms with Gasteiger partial charge < -0.3 is 15.2 Å². The topological polar surface area (TPSA) is 79.3 Å². The number of hydrogen-bond acceptors (Lipinski definition) is 4. The maximum absolute atomic E-state index is 12.4. The van der Waals surface area contributed by atoms with Crippen LogP contribution >= 0.6 is 0 Å². The highest BCUT2D eigenvalue weighted by Gasteiger charge is 2.21. The van der Waals surface area contributed by atoms with Gasteiger partial charge in [0.15, 0.2) is 0 Å². The zero-order valence-electron chi connectivity index (χ0n) is 16.6. The minimum atomic E-state index is -0.131. The summed E-state index contributed by atoms with van der Waals surface area (Å²) in [5, 5.41) is 5.64. The summed E-state index contributed by atoms with van der Waals surface area (Å²) in [6, 6.07) is 7.20. The normalized spacial score (nSPS) is 15.4. The lowest BCUT2D eigenvalue weighted by atomic mass is 9.96. The first-order valence-electron chi connectivity index (χ1n) is 9.93. The van der Waals surface area contributed by atoms with E-state index in [0.717, 1.165) is 44.7 Å². The van der Waals surface area contributed by atoms with E-state index < -0.39 is 0 Å². The van der Waals surface area contributed by atoms with Crippen LogP contribution in [0.15, 0.2) is 36.7 Å². The van der Waals surface area contributed by atoms with E-state index >= 15 is 0 Å². The Balaban J connectivity index is 1.44. The first-order chi connectivity index (χ1) is 13.5. The Morgan fingerprint density at radius 3 is 2.57 bits per heavy atom. The maximum atomic E-state index is 12.4. The number of imidazole rings is 1. The average molecular weight is 383 g/mol. The van der Waals surface area contributed by atoms with E-state index in [0.29, 0.717) is 23.8 Å². The molecule has 0 bridgehead atoms. The number of benzene rings is 1. The van der Waals surface area contributed by atoms with Crippen LogP contribution in [-0.2, 0) is 22.6 Å². The SMILES string of the molecule is CCc1nccn1CC1CCN(CC(=O)Nc2cccc(NC(C)=O)c2)CC1. The molecule has 2 heterocycles. The summed E-state index contributed by atoms with van der Waals surface area (Å²) in [6.07, 6.45) is 7.07. The van der Waals surface area contributed by atoms with Crippen LogP contribution in [0.2, 0.25) is 0 Å². The second-order valence-corrected chi connectivity index (χ2v) is 7.38. The number of aromatic nitrogens is 2. The third-order valence-corrected chi connectivity index (χ3v) is 5.11. The van der Waals surface area contributed by atoms with Crippen molar-refractivity contribution in [3.63, 3.8) is 0 Å². The number of nitrogens with zero attached hydrogens (tertiary/aromatic N) is 3. The lowest BCUT2D eigenvalue weighted by Crippen LogP contribution is -2.40. The average Bonchev–Trinajstić information content (AvgIpc) is 3.10. The lowest BCUT2D eigenvalue weighted by Gasteiger charge is -2.31. The van der Waals surface area contributed by atoms with Crippen LogP contribution < -0.4 is 10.6 Å². The Morgan fingerprint density at radius 1 is 1.18 bits per heavy atom. The minimum absolute atomic E-state index is 0.0266. The molecule has 2 amide bonds. The third kappa shape index (κ3) is 5.66. The summed E-state index contributed by atoms with van der Waals surface area (Å²) < 4.78 is 2.26. The van der Waals surface area contributed by atoms with Crippen LogP contribution in [0.5, 0.6) is 0 Å². The number of carbonyl (C=O) groups is 2. The van der Waals surface area contributed by atoms with Gasteiger partial charge in [-0.15, -0.1) is 0 Å². The molecule has 0 spiro atoms. The highest BCUT2D eigenvalue weighted by molar-refractivity contribution is 5.94. The van der Waals surface area contributed by atoms with E-state index in [1.807, 2.05) is 18.3 Å². The predicted octanol–water partition coefficient (Wildman–Crippen LogP) is 2.75. The molecule has 0 atom stereocenters. The van der Waals surface area contributed by atoms with E-state index in [-0.39, 0.29) is 11.8 Å². The van der Waals surface area contributed by atoms with E-state index in [2.05, 4.69) is 38.2 Å². The first kappa shape index (κ1) is 20.1. The number of anilines is 2.